The highest BCUT2D eigenvalue weighted by atomic mass is 16.5. The Morgan fingerprint density at radius 1 is 0.652 bits per heavy atom. The van der Waals surface area contributed by atoms with Crippen molar-refractivity contribution in [2.45, 2.75) is 140 Å². The average molecular weight is 901 g/mol. The van der Waals surface area contributed by atoms with Crippen LogP contribution in [-0.4, -0.2) is 117 Å². The predicted octanol–water partition coefficient (Wildman–Crippen LogP) is 6.53. The number of carbonyl (C=O) groups excluding carboxylic acids is 4. The molecule has 4 aromatic rings. The first-order valence-electron chi connectivity index (χ1n) is 23.6. The Bertz CT molecular complexity index is 2560. The number of hydrogen-bond donors (Lipinski definition) is 4. The molecule has 2 saturated carbocycles. The molecule has 0 radical (unpaired) electrons. The van der Waals surface area contributed by atoms with Crippen LogP contribution in [0, 0.1) is 35.5 Å². The summed E-state index contributed by atoms with van der Waals surface area (Å²) in [6.07, 6.45) is 8.48. The maximum Gasteiger partial charge on any atom is 0.407 e. The van der Waals surface area contributed by atoms with Crippen LogP contribution < -0.4 is 10.6 Å². The van der Waals surface area contributed by atoms with E-state index in [0.29, 0.717) is 49.0 Å². The topological polar surface area (TPSA) is 193 Å². The molecule has 4 unspecified atom stereocenters. The highest BCUT2D eigenvalue weighted by Crippen LogP contribution is 2.55. The Kier molecular flexibility index (Phi) is 11.8. The van der Waals surface area contributed by atoms with Crippen LogP contribution >= 0.6 is 0 Å². The van der Waals surface area contributed by atoms with Gasteiger partial charge in [0, 0.05) is 23.2 Å². The van der Waals surface area contributed by atoms with Gasteiger partial charge in [-0.3, -0.25) is 9.59 Å². The highest BCUT2D eigenvalue weighted by Gasteiger charge is 2.58. The summed E-state index contributed by atoms with van der Waals surface area (Å²) >= 11 is 0. The molecule has 4 saturated heterocycles. The number of methoxy groups -OCH3 is 2. The van der Waals surface area contributed by atoms with Gasteiger partial charge in [0.2, 0.25) is 11.8 Å². The Hall–Kier alpha value is -5.92. The molecular formula is C50H60N8O8. The van der Waals surface area contributed by atoms with Crippen molar-refractivity contribution < 1.29 is 38.1 Å². The van der Waals surface area contributed by atoms with Crippen LogP contribution in [0.5, 0.6) is 0 Å². The first-order chi connectivity index (χ1) is 31.8. The molecule has 0 spiro atoms. The number of aromatic amines is 2. The van der Waals surface area contributed by atoms with Crippen LogP contribution in [0.4, 0.5) is 9.59 Å². The third-order valence-corrected chi connectivity index (χ3v) is 14.9. The number of imidazole rings is 2. The molecule has 4 amide bonds. The largest absolute Gasteiger partial charge is 0.453 e. The number of alkyl carbamates (subject to hydrolysis) is 2. The number of nitrogens with one attached hydrogen (secondary N) is 4. The number of fused-ring (bicyclic) bond motifs is 3. The number of rotatable bonds is 9. The molecule has 4 aliphatic heterocycles. The lowest BCUT2D eigenvalue weighted by molar-refractivity contribution is -0.140. The molecule has 6 aliphatic rings. The van der Waals surface area contributed by atoms with Gasteiger partial charge in [0.05, 0.1) is 68.8 Å². The lowest BCUT2D eigenvalue weighted by Gasteiger charge is -2.38. The molecule has 66 heavy (non-hydrogen) atoms. The number of hydrogen-bond acceptors (Lipinski definition) is 10. The average Bonchev–Trinajstić information content (AvgIpc) is 3.89. The summed E-state index contributed by atoms with van der Waals surface area (Å²) in [5, 5.41) is 7.85. The number of ether oxygens (including phenoxy) is 4. The normalized spacial score (nSPS) is 31.7. The number of nitrogens with zero attached hydrogens (tertiary/aromatic N) is 4. The van der Waals surface area contributed by atoms with E-state index in [4.69, 9.17) is 28.9 Å². The van der Waals surface area contributed by atoms with E-state index >= 15 is 0 Å². The summed E-state index contributed by atoms with van der Waals surface area (Å²) < 4.78 is 21.8. The zero-order valence-corrected chi connectivity index (χ0v) is 38.4. The van der Waals surface area contributed by atoms with E-state index in [-0.39, 0.29) is 72.2 Å². The lowest BCUT2D eigenvalue weighted by Crippen LogP contribution is -2.55. The van der Waals surface area contributed by atoms with Crippen molar-refractivity contribution in [3.63, 3.8) is 0 Å². The van der Waals surface area contributed by atoms with Crippen LogP contribution in [0.25, 0.3) is 22.0 Å². The molecule has 348 valence electrons. The van der Waals surface area contributed by atoms with Gasteiger partial charge in [-0.1, -0.05) is 24.1 Å². The number of benzene rings is 2. The summed E-state index contributed by atoms with van der Waals surface area (Å²) in [6, 6.07) is 10.7. The standard InChI is InChI=1S/C50H60N8O8/c1-25-13-35(14-26(2)65-25)43(55-49(61)63-5)47(59)57-39-19-33(39)21-41(57)45-51-23-37(53-45)12-8-29-7-9-31-18-32(11-10-30(31)17-29)38-24-52-46(54-38)42-22-34-20-40(34)58(42)48(60)44(56-50(62)64-6)36-15-27(3)66-28(4)16-36/h7,9-11,17-18,23-28,33-36,39-44H,13-16,19-22H2,1-6H3,(H,51,53)(H,52,54)(H,55,61)(H,56,62)/t25-,26+,27-,28+,33-,34-,35?,36?,39-,40-,41+,42+,43?,44?/m1/s1. The SMILES string of the molecule is COC(=O)NC(C(=O)N1[C@@H]2C[C@@H]2C[C@H]1c1ncc(C#Cc2ccc3cc(-c4cnc([C@@H]5C[C@H]6C[C@H]6N5C(=O)C(NC(=O)OC)C5C[C@@H](C)O[C@@H](C)C5)[nH]4)ccc3c2)[nH]1)C1C[C@@H](C)O[C@@H](C)C1. The monoisotopic (exact) mass is 900 g/mol. The number of carbonyl (C=O) groups is 4. The Morgan fingerprint density at radius 2 is 1.15 bits per heavy atom. The van der Waals surface area contributed by atoms with Gasteiger partial charge in [0.25, 0.3) is 0 Å². The minimum absolute atomic E-state index is 0.0166. The van der Waals surface area contributed by atoms with Gasteiger partial charge in [-0.15, -0.1) is 0 Å². The number of H-pyrrole nitrogens is 2. The fourth-order valence-electron chi connectivity index (χ4n) is 11.8. The molecule has 6 fully saturated rings. The van der Waals surface area contributed by atoms with Gasteiger partial charge < -0.3 is 49.3 Å². The second-order valence-electron chi connectivity index (χ2n) is 19.7. The van der Waals surface area contributed by atoms with Crippen molar-refractivity contribution in [3.05, 3.63) is 71.7 Å². The van der Waals surface area contributed by atoms with Gasteiger partial charge in [-0.25, -0.2) is 19.6 Å². The van der Waals surface area contributed by atoms with E-state index in [1.54, 1.807) is 6.20 Å². The van der Waals surface area contributed by atoms with Crippen molar-refractivity contribution in [2.24, 2.45) is 23.7 Å². The molecule has 6 heterocycles. The van der Waals surface area contributed by atoms with Gasteiger partial charge in [-0.2, -0.15) is 0 Å². The summed E-state index contributed by atoms with van der Waals surface area (Å²) in [6.45, 7) is 8.04. The Labute approximate surface area is 384 Å². The van der Waals surface area contributed by atoms with Crippen LogP contribution in [-0.2, 0) is 28.5 Å². The molecule has 16 heteroatoms. The molecule has 2 aliphatic carbocycles. The van der Waals surface area contributed by atoms with E-state index in [1.807, 2.05) is 49.8 Å². The Balaban J connectivity index is 0.822. The molecule has 4 N–H and O–H groups in total. The zero-order chi connectivity index (χ0) is 46.0. The minimum Gasteiger partial charge on any atom is -0.453 e. The molecule has 10 rings (SSSR count). The third kappa shape index (κ3) is 8.75. The second kappa shape index (κ2) is 17.7. The fourth-order valence-corrected chi connectivity index (χ4v) is 11.8. The number of aromatic nitrogens is 4. The van der Waals surface area contributed by atoms with Crippen molar-refractivity contribution in [1.82, 2.24) is 40.4 Å². The van der Waals surface area contributed by atoms with Crippen LogP contribution in [0.2, 0.25) is 0 Å². The van der Waals surface area contributed by atoms with Gasteiger partial charge >= 0.3 is 12.2 Å². The maximum absolute atomic E-state index is 14.5. The lowest BCUT2D eigenvalue weighted by atomic mass is 9.85. The van der Waals surface area contributed by atoms with Gasteiger partial charge in [-0.05, 0) is 138 Å². The predicted molar refractivity (Wildman–Crippen MR) is 242 cm³/mol. The second-order valence-corrected chi connectivity index (χ2v) is 19.7. The number of likely N-dealkylation sites (tertiary alicyclic amines) is 2. The molecule has 0 bridgehead atoms. The molecule has 2 aromatic heterocycles. The quantitative estimate of drug-likeness (QED) is 0.134. The summed E-state index contributed by atoms with van der Waals surface area (Å²) in [7, 11) is 2.64. The van der Waals surface area contributed by atoms with E-state index in [9.17, 15) is 19.2 Å². The van der Waals surface area contributed by atoms with E-state index in [2.05, 4.69) is 62.8 Å². The molecule has 14 atom stereocenters. The summed E-state index contributed by atoms with van der Waals surface area (Å²) in [5.41, 5.74) is 3.34. The van der Waals surface area contributed by atoms with Crippen molar-refractivity contribution >= 4 is 34.8 Å². The van der Waals surface area contributed by atoms with Gasteiger partial charge in [0.15, 0.2) is 0 Å². The smallest absolute Gasteiger partial charge is 0.407 e. The van der Waals surface area contributed by atoms with E-state index in [0.717, 1.165) is 59.1 Å². The first kappa shape index (κ1) is 43.9. The first-order valence-corrected chi connectivity index (χ1v) is 23.6. The zero-order valence-electron chi connectivity index (χ0n) is 38.4. The summed E-state index contributed by atoms with van der Waals surface area (Å²) in [5.74, 6) is 8.46. The number of piperidine rings is 2. The number of amides is 4. The van der Waals surface area contributed by atoms with Crippen LogP contribution in [0.15, 0.2) is 48.8 Å². The summed E-state index contributed by atoms with van der Waals surface area (Å²) in [4.78, 5) is 74.3. The van der Waals surface area contributed by atoms with E-state index < -0.39 is 24.3 Å². The van der Waals surface area contributed by atoms with Crippen molar-refractivity contribution in [2.75, 3.05) is 14.2 Å². The van der Waals surface area contributed by atoms with Crippen LogP contribution in [0.1, 0.15) is 114 Å². The van der Waals surface area contributed by atoms with Gasteiger partial charge in [0.1, 0.15) is 29.4 Å². The van der Waals surface area contributed by atoms with Crippen LogP contribution in [0.3, 0.4) is 0 Å². The highest BCUT2D eigenvalue weighted by molar-refractivity contribution is 5.89. The maximum atomic E-state index is 14.5. The molecule has 2 aromatic carbocycles. The Morgan fingerprint density at radius 3 is 1.70 bits per heavy atom. The fraction of sp³-hybridized carbons (Fsp3) is 0.560. The minimum atomic E-state index is -0.720. The van der Waals surface area contributed by atoms with Crippen molar-refractivity contribution in [1.29, 1.82) is 0 Å². The van der Waals surface area contributed by atoms with Crippen molar-refractivity contribution in [3.8, 4) is 23.1 Å². The molecular weight excluding hydrogens is 841 g/mol. The van der Waals surface area contributed by atoms with E-state index in [1.165, 1.54) is 14.2 Å². The molecule has 16 nitrogen and oxygen atoms in total. The third-order valence-electron chi connectivity index (χ3n) is 14.9.